The van der Waals surface area contributed by atoms with Crippen molar-refractivity contribution >= 4 is 11.8 Å². The number of aliphatic hydroxyl groups excluding tert-OH is 2. The smallest absolute Gasteiger partial charge is 0.245 e. The molecule has 1 aliphatic heterocycles. The van der Waals surface area contributed by atoms with Crippen molar-refractivity contribution in [1.29, 1.82) is 0 Å². The van der Waals surface area contributed by atoms with Crippen molar-refractivity contribution in [1.82, 2.24) is 10.6 Å². The zero-order chi connectivity index (χ0) is 10.9. The molecule has 6 heteroatoms. The number of nitrogens with one attached hydrogen (secondary N) is 2. The maximum absolute atomic E-state index is 11.3. The van der Waals surface area contributed by atoms with E-state index in [4.69, 9.17) is 10.2 Å². The third kappa shape index (κ3) is 2.02. The van der Waals surface area contributed by atoms with Gasteiger partial charge in [0.25, 0.3) is 0 Å². The van der Waals surface area contributed by atoms with E-state index in [-0.39, 0.29) is 0 Å². The first-order chi connectivity index (χ1) is 6.43. The molecule has 0 aromatic heterocycles. The molecule has 4 atom stereocenters. The summed E-state index contributed by atoms with van der Waals surface area (Å²) in [7, 11) is 0. The van der Waals surface area contributed by atoms with Gasteiger partial charge in [0.05, 0.1) is 12.2 Å². The monoisotopic (exact) mass is 202 g/mol. The van der Waals surface area contributed by atoms with Crippen molar-refractivity contribution in [3.05, 3.63) is 0 Å². The number of hydrogen-bond acceptors (Lipinski definition) is 4. The summed E-state index contributed by atoms with van der Waals surface area (Å²) in [6.45, 7) is 2.82. The summed E-state index contributed by atoms with van der Waals surface area (Å²) >= 11 is 0. The number of amides is 2. The van der Waals surface area contributed by atoms with Gasteiger partial charge in [-0.2, -0.15) is 0 Å². The molecule has 0 aromatic carbocycles. The Kier molecular flexibility index (Phi) is 3.07. The maximum atomic E-state index is 11.3. The Labute approximate surface area is 81.3 Å². The zero-order valence-corrected chi connectivity index (χ0v) is 8.02. The van der Waals surface area contributed by atoms with E-state index in [1.807, 2.05) is 0 Å². The van der Waals surface area contributed by atoms with E-state index in [1.54, 1.807) is 0 Å². The molecule has 0 aliphatic carbocycles. The summed E-state index contributed by atoms with van der Waals surface area (Å²) in [5, 5.41) is 23.0. The molecular formula is C8H14N2O4. The predicted octanol–water partition coefficient (Wildman–Crippen LogP) is -2.27. The SMILES string of the molecule is C[C@@H](O)C1NC(=O)C([C@@H](C)O)NC1=O. The molecule has 1 rings (SSSR count). The Morgan fingerprint density at radius 1 is 1.00 bits per heavy atom. The van der Waals surface area contributed by atoms with E-state index in [9.17, 15) is 9.59 Å². The molecule has 2 unspecified atom stereocenters. The first kappa shape index (κ1) is 10.9. The van der Waals surface area contributed by atoms with Gasteiger partial charge in [-0.1, -0.05) is 0 Å². The Hall–Kier alpha value is -1.14. The van der Waals surface area contributed by atoms with E-state index >= 15 is 0 Å². The molecule has 4 N–H and O–H groups in total. The maximum Gasteiger partial charge on any atom is 0.245 e. The average molecular weight is 202 g/mol. The molecule has 80 valence electrons. The predicted molar refractivity (Wildman–Crippen MR) is 47.2 cm³/mol. The minimum Gasteiger partial charge on any atom is -0.391 e. The van der Waals surface area contributed by atoms with Crippen LogP contribution in [0.1, 0.15) is 13.8 Å². The van der Waals surface area contributed by atoms with Crippen LogP contribution in [-0.4, -0.2) is 46.3 Å². The lowest BCUT2D eigenvalue weighted by Gasteiger charge is -2.32. The fourth-order valence-electron chi connectivity index (χ4n) is 1.30. The lowest BCUT2D eigenvalue weighted by molar-refractivity contribution is -0.141. The molecule has 0 spiro atoms. The van der Waals surface area contributed by atoms with Crippen molar-refractivity contribution in [3.63, 3.8) is 0 Å². The number of aliphatic hydroxyl groups is 2. The standard InChI is InChI=1S/C8H14N2O4/c1-3(11)5-7(13)10-6(4(2)12)8(14)9-5/h3-6,11-12H,1-2H3,(H,9,14)(H,10,13)/t3-,4-,5?,6?/m1/s1. The summed E-state index contributed by atoms with van der Waals surface area (Å²) < 4.78 is 0. The number of carbonyl (C=O) groups excluding carboxylic acids is 2. The lowest BCUT2D eigenvalue weighted by atomic mass is 10.0. The summed E-state index contributed by atoms with van der Waals surface area (Å²) in [6, 6.07) is -1.87. The van der Waals surface area contributed by atoms with Gasteiger partial charge in [-0.25, -0.2) is 0 Å². The zero-order valence-electron chi connectivity index (χ0n) is 8.02. The van der Waals surface area contributed by atoms with Gasteiger partial charge in [-0.15, -0.1) is 0 Å². The molecule has 2 amide bonds. The summed E-state index contributed by atoms with van der Waals surface area (Å²) in [5.41, 5.74) is 0. The Balaban J connectivity index is 2.72. The largest absolute Gasteiger partial charge is 0.391 e. The number of carbonyl (C=O) groups is 2. The van der Waals surface area contributed by atoms with Gasteiger partial charge in [0.1, 0.15) is 12.1 Å². The molecule has 0 radical (unpaired) electrons. The van der Waals surface area contributed by atoms with Crippen molar-refractivity contribution in [2.75, 3.05) is 0 Å². The van der Waals surface area contributed by atoms with Crippen LogP contribution in [0.5, 0.6) is 0 Å². The van der Waals surface area contributed by atoms with Crippen molar-refractivity contribution < 1.29 is 19.8 Å². The fourth-order valence-corrected chi connectivity index (χ4v) is 1.30. The Bertz CT molecular complexity index is 226. The number of piperazine rings is 1. The molecule has 6 nitrogen and oxygen atoms in total. The van der Waals surface area contributed by atoms with Crippen LogP contribution < -0.4 is 10.6 Å². The van der Waals surface area contributed by atoms with Crippen LogP contribution in [0.3, 0.4) is 0 Å². The molecule has 14 heavy (non-hydrogen) atoms. The normalized spacial score (nSPS) is 31.7. The molecule has 1 saturated heterocycles. The summed E-state index contributed by atoms with van der Waals surface area (Å²) in [5.74, 6) is -0.962. The topological polar surface area (TPSA) is 98.7 Å². The van der Waals surface area contributed by atoms with Gasteiger partial charge >= 0.3 is 0 Å². The second-order valence-corrected chi connectivity index (χ2v) is 3.45. The van der Waals surface area contributed by atoms with Gasteiger partial charge in [-0.3, -0.25) is 9.59 Å². The molecular weight excluding hydrogens is 188 g/mol. The molecule has 0 aromatic rings. The number of rotatable bonds is 2. The molecule has 1 aliphatic rings. The van der Waals surface area contributed by atoms with Crippen molar-refractivity contribution in [2.45, 2.75) is 38.1 Å². The van der Waals surface area contributed by atoms with Crippen LogP contribution in [-0.2, 0) is 9.59 Å². The highest BCUT2D eigenvalue weighted by atomic mass is 16.3. The van der Waals surface area contributed by atoms with Gasteiger partial charge in [0, 0.05) is 0 Å². The van der Waals surface area contributed by atoms with Crippen molar-refractivity contribution in [3.8, 4) is 0 Å². The van der Waals surface area contributed by atoms with Crippen LogP contribution in [0.2, 0.25) is 0 Å². The molecule has 0 bridgehead atoms. The fraction of sp³-hybridized carbons (Fsp3) is 0.750. The third-order valence-electron chi connectivity index (χ3n) is 2.13. The summed E-state index contributed by atoms with van der Waals surface area (Å²) in [6.07, 6.45) is -1.90. The van der Waals surface area contributed by atoms with Crippen LogP contribution in [0, 0.1) is 0 Å². The first-order valence-electron chi connectivity index (χ1n) is 4.40. The molecule has 1 fully saturated rings. The minimum atomic E-state index is -0.950. The lowest BCUT2D eigenvalue weighted by Crippen LogP contribution is -2.67. The van der Waals surface area contributed by atoms with Gasteiger partial charge in [0.2, 0.25) is 11.8 Å². The van der Waals surface area contributed by atoms with Crippen LogP contribution in [0.15, 0.2) is 0 Å². The van der Waals surface area contributed by atoms with E-state index in [0.717, 1.165) is 0 Å². The average Bonchev–Trinajstić information content (AvgIpc) is 2.07. The number of hydrogen-bond donors (Lipinski definition) is 4. The van der Waals surface area contributed by atoms with E-state index in [0.29, 0.717) is 0 Å². The highest BCUT2D eigenvalue weighted by Crippen LogP contribution is 2.04. The van der Waals surface area contributed by atoms with Crippen LogP contribution in [0.25, 0.3) is 0 Å². The minimum absolute atomic E-state index is 0.481. The second kappa shape index (κ2) is 3.93. The molecule has 1 heterocycles. The van der Waals surface area contributed by atoms with E-state index in [2.05, 4.69) is 10.6 Å². The van der Waals surface area contributed by atoms with Crippen LogP contribution >= 0.6 is 0 Å². The highest BCUT2D eigenvalue weighted by Gasteiger charge is 2.37. The second-order valence-electron chi connectivity index (χ2n) is 3.45. The van der Waals surface area contributed by atoms with E-state index in [1.165, 1.54) is 13.8 Å². The van der Waals surface area contributed by atoms with Crippen molar-refractivity contribution in [2.24, 2.45) is 0 Å². The van der Waals surface area contributed by atoms with Crippen LogP contribution in [0.4, 0.5) is 0 Å². The third-order valence-corrected chi connectivity index (χ3v) is 2.13. The molecule has 0 saturated carbocycles. The first-order valence-corrected chi connectivity index (χ1v) is 4.40. The van der Waals surface area contributed by atoms with Gasteiger partial charge in [0.15, 0.2) is 0 Å². The van der Waals surface area contributed by atoms with Gasteiger partial charge < -0.3 is 20.8 Å². The Morgan fingerprint density at radius 2 is 1.29 bits per heavy atom. The van der Waals surface area contributed by atoms with Gasteiger partial charge in [-0.05, 0) is 13.8 Å². The highest BCUT2D eigenvalue weighted by molar-refractivity contribution is 5.97. The Morgan fingerprint density at radius 3 is 1.50 bits per heavy atom. The quantitative estimate of drug-likeness (QED) is 0.406. The summed E-state index contributed by atoms with van der Waals surface area (Å²) in [4.78, 5) is 22.6. The van der Waals surface area contributed by atoms with E-state index < -0.39 is 36.1 Å².